The molecule has 0 spiro atoms. The highest BCUT2D eigenvalue weighted by atomic mass is 16.3. The van der Waals surface area contributed by atoms with Gasteiger partial charge in [-0.15, -0.1) is 0 Å². The van der Waals surface area contributed by atoms with Crippen molar-refractivity contribution in [1.29, 1.82) is 0 Å². The molecule has 0 aliphatic rings. The van der Waals surface area contributed by atoms with E-state index in [4.69, 9.17) is 0 Å². The largest absolute Gasteiger partial charge is 0.507 e. The van der Waals surface area contributed by atoms with Crippen LogP contribution in [0.15, 0.2) is 42.5 Å². The Balaban J connectivity index is 1.85. The van der Waals surface area contributed by atoms with E-state index < -0.39 is 6.04 Å². The van der Waals surface area contributed by atoms with Crippen LogP contribution in [0.25, 0.3) is 10.9 Å². The zero-order valence-corrected chi connectivity index (χ0v) is 18.5. The number of hydrogen-bond acceptors (Lipinski definition) is 4. The van der Waals surface area contributed by atoms with Gasteiger partial charge in [-0.05, 0) is 48.6 Å². The quantitative estimate of drug-likeness (QED) is 0.512. The molecule has 0 bridgehead atoms. The average Bonchev–Trinajstić information content (AvgIpc) is 3.10. The Morgan fingerprint density at radius 1 is 1.06 bits per heavy atom. The van der Waals surface area contributed by atoms with Gasteiger partial charge in [0, 0.05) is 18.4 Å². The molecule has 6 heteroatoms. The molecule has 0 radical (unpaired) electrons. The number of carbonyl (C=O) groups excluding carboxylic acids is 2. The van der Waals surface area contributed by atoms with Gasteiger partial charge in [0.15, 0.2) is 0 Å². The molecule has 3 N–H and O–H groups in total. The van der Waals surface area contributed by atoms with E-state index >= 15 is 0 Å². The Morgan fingerprint density at radius 3 is 2.26 bits per heavy atom. The zero-order chi connectivity index (χ0) is 22.7. The van der Waals surface area contributed by atoms with Crippen LogP contribution < -0.4 is 5.32 Å². The first-order valence-corrected chi connectivity index (χ1v) is 10.6. The highest BCUT2D eigenvalue weighted by Gasteiger charge is 2.21. The molecule has 164 valence electrons. The number of aryl methyl sites for hydroxylation is 2. The summed E-state index contributed by atoms with van der Waals surface area (Å²) in [6.07, 6.45) is 1.42. The van der Waals surface area contributed by atoms with Crippen molar-refractivity contribution in [3.8, 4) is 5.75 Å². The highest BCUT2D eigenvalue weighted by molar-refractivity contribution is 6.00. The van der Waals surface area contributed by atoms with E-state index in [2.05, 4.69) is 5.32 Å². The van der Waals surface area contributed by atoms with Gasteiger partial charge in [0.05, 0.1) is 18.2 Å². The van der Waals surface area contributed by atoms with Crippen molar-refractivity contribution >= 4 is 22.6 Å². The lowest BCUT2D eigenvalue weighted by Gasteiger charge is -2.18. The fourth-order valence-corrected chi connectivity index (χ4v) is 4.13. The smallest absolute Gasteiger partial charge is 0.268 e. The van der Waals surface area contributed by atoms with Crippen molar-refractivity contribution in [1.82, 2.24) is 9.88 Å². The van der Waals surface area contributed by atoms with E-state index in [0.717, 1.165) is 28.6 Å². The van der Waals surface area contributed by atoms with Crippen LogP contribution in [0.1, 0.15) is 66.3 Å². The Bertz CT molecular complexity index is 1100. The number of phenols is 1. The number of amides is 1. The average molecular weight is 423 g/mol. The minimum Gasteiger partial charge on any atom is -0.507 e. The lowest BCUT2D eigenvalue weighted by molar-refractivity contribution is -0.118. The minimum atomic E-state index is -0.586. The van der Waals surface area contributed by atoms with Crippen molar-refractivity contribution in [3.05, 3.63) is 64.8 Å². The summed E-state index contributed by atoms with van der Waals surface area (Å²) in [4.78, 5) is 24.8. The zero-order valence-electron chi connectivity index (χ0n) is 18.5. The number of rotatable bonds is 8. The summed E-state index contributed by atoms with van der Waals surface area (Å²) < 4.78 is 1.74. The molecule has 0 aliphatic carbocycles. The number of hydrogen-bond donors (Lipinski definition) is 3. The maximum absolute atomic E-state index is 13.0. The van der Waals surface area contributed by atoms with Gasteiger partial charge in [0.2, 0.25) is 0 Å². The van der Waals surface area contributed by atoms with Gasteiger partial charge < -0.3 is 20.1 Å². The van der Waals surface area contributed by atoms with Gasteiger partial charge in [-0.2, -0.15) is 0 Å². The van der Waals surface area contributed by atoms with E-state index in [-0.39, 0.29) is 30.0 Å². The fraction of sp³-hybridized carbons (Fsp3) is 0.360. The molecule has 0 aliphatic heterocycles. The molecular formula is C25H30N2O4. The topological polar surface area (TPSA) is 91.6 Å². The second kappa shape index (κ2) is 9.35. The summed E-state index contributed by atoms with van der Waals surface area (Å²) in [5.74, 6) is -0.172. The number of carbonyl (C=O) groups is 2. The summed E-state index contributed by atoms with van der Waals surface area (Å²) in [6.45, 7) is 5.27. The number of aliphatic hydroxyl groups excluding tert-OH is 1. The molecule has 2 atom stereocenters. The summed E-state index contributed by atoms with van der Waals surface area (Å²) >= 11 is 0. The molecule has 31 heavy (non-hydrogen) atoms. The number of ketones is 1. The van der Waals surface area contributed by atoms with E-state index in [0.29, 0.717) is 17.5 Å². The van der Waals surface area contributed by atoms with Gasteiger partial charge in [-0.1, -0.05) is 44.2 Å². The van der Waals surface area contributed by atoms with Gasteiger partial charge in [0.1, 0.15) is 17.2 Å². The number of aliphatic hydroxyl groups is 1. The monoisotopic (exact) mass is 422 g/mol. The number of benzene rings is 2. The third-order valence-corrected chi connectivity index (χ3v) is 6.02. The Labute approximate surface area is 182 Å². The highest BCUT2D eigenvalue weighted by Crippen LogP contribution is 2.31. The number of aromatic nitrogens is 1. The predicted octanol–water partition coefficient (Wildman–Crippen LogP) is 3.99. The van der Waals surface area contributed by atoms with E-state index in [1.165, 1.54) is 0 Å². The van der Waals surface area contributed by atoms with E-state index in [1.54, 1.807) is 24.6 Å². The van der Waals surface area contributed by atoms with Crippen LogP contribution in [0.4, 0.5) is 0 Å². The van der Waals surface area contributed by atoms with Crippen molar-refractivity contribution in [2.45, 2.75) is 45.6 Å². The van der Waals surface area contributed by atoms with Crippen LogP contribution in [0.3, 0.4) is 0 Å². The van der Waals surface area contributed by atoms with Crippen molar-refractivity contribution in [2.24, 2.45) is 7.05 Å². The molecule has 0 fully saturated rings. The molecular weight excluding hydrogens is 392 g/mol. The minimum absolute atomic E-state index is 0.118. The molecule has 0 saturated heterocycles. The van der Waals surface area contributed by atoms with Crippen LogP contribution in [-0.4, -0.2) is 33.1 Å². The molecule has 0 saturated carbocycles. The van der Waals surface area contributed by atoms with Gasteiger partial charge in [-0.3, -0.25) is 9.59 Å². The number of aromatic hydroxyl groups is 1. The molecule has 1 amide bonds. The summed E-state index contributed by atoms with van der Waals surface area (Å²) in [6, 6.07) is 12.3. The maximum atomic E-state index is 13.0. The van der Waals surface area contributed by atoms with Crippen LogP contribution in [0, 0.1) is 0 Å². The molecule has 1 aromatic heterocycles. The van der Waals surface area contributed by atoms with Crippen LogP contribution in [-0.2, 0) is 18.3 Å². The first-order chi connectivity index (χ1) is 14.8. The number of phenolic OH excluding ortho intramolecular Hbond substituents is 1. The standard InChI is InChI=1S/C25H30N2O4/c1-5-16-11-12-22-20(24(16)30)13-23(27(22)4)25(31)26-21(14-28)18-9-7-17(8-10-18)19(6-2)15(3)29/h7-13,19,21,28,30H,5-6,14H2,1-4H3,(H,26,31)/t19?,21-/m1/s1. The third-order valence-electron chi connectivity index (χ3n) is 6.02. The number of Topliss-reactive ketones (excluding diaryl/α,β-unsaturated/α-hetero) is 1. The van der Waals surface area contributed by atoms with Crippen LogP contribution >= 0.6 is 0 Å². The number of nitrogens with zero attached hydrogens (tertiary/aromatic N) is 1. The third kappa shape index (κ3) is 4.35. The lowest BCUT2D eigenvalue weighted by atomic mass is 9.91. The molecule has 2 aromatic carbocycles. The van der Waals surface area contributed by atoms with Crippen molar-refractivity contribution in [2.75, 3.05) is 6.61 Å². The van der Waals surface area contributed by atoms with E-state index in [9.17, 15) is 19.8 Å². The normalized spacial score (nSPS) is 13.2. The van der Waals surface area contributed by atoms with Gasteiger partial charge in [-0.25, -0.2) is 0 Å². The Hall–Kier alpha value is -3.12. The Kier molecular flexibility index (Phi) is 6.81. The van der Waals surface area contributed by atoms with Gasteiger partial charge >= 0.3 is 0 Å². The van der Waals surface area contributed by atoms with Crippen molar-refractivity contribution in [3.63, 3.8) is 0 Å². The summed E-state index contributed by atoms with van der Waals surface area (Å²) in [7, 11) is 1.78. The number of nitrogens with one attached hydrogen (secondary N) is 1. The molecule has 3 aromatic rings. The second-order valence-electron chi connectivity index (χ2n) is 7.90. The summed E-state index contributed by atoms with van der Waals surface area (Å²) in [5.41, 5.74) is 3.68. The molecule has 1 unspecified atom stereocenters. The number of fused-ring (bicyclic) bond motifs is 1. The van der Waals surface area contributed by atoms with Crippen LogP contribution in [0.2, 0.25) is 0 Å². The SMILES string of the molecule is CCc1ccc2c(cc(C(=O)N[C@H](CO)c3ccc(C(CC)C(C)=O)cc3)n2C)c1O. The first kappa shape index (κ1) is 22.6. The predicted molar refractivity (Wildman–Crippen MR) is 121 cm³/mol. The van der Waals surface area contributed by atoms with E-state index in [1.807, 2.05) is 50.2 Å². The second-order valence-corrected chi connectivity index (χ2v) is 7.90. The van der Waals surface area contributed by atoms with Gasteiger partial charge in [0.25, 0.3) is 5.91 Å². The van der Waals surface area contributed by atoms with Crippen molar-refractivity contribution < 1.29 is 19.8 Å². The first-order valence-electron chi connectivity index (χ1n) is 10.6. The Morgan fingerprint density at radius 2 is 1.71 bits per heavy atom. The fourth-order valence-electron chi connectivity index (χ4n) is 4.13. The molecule has 3 rings (SSSR count). The molecule has 1 heterocycles. The molecule has 6 nitrogen and oxygen atoms in total. The lowest BCUT2D eigenvalue weighted by Crippen LogP contribution is -2.32. The maximum Gasteiger partial charge on any atom is 0.268 e. The summed E-state index contributed by atoms with van der Waals surface area (Å²) in [5, 5.41) is 23.9. The van der Waals surface area contributed by atoms with Crippen LogP contribution in [0.5, 0.6) is 5.75 Å².